The fourth-order valence-corrected chi connectivity index (χ4v) is 4.42. The predicted octanol–water partition coefficient (Wildman–Crippen LogP) is 5.33. The van der Waals surface area contributed by atoms with E-state index < -0.39 is 0 Å². The van der Waals surface area contributed by atoms with Crippen molar-refractivity contribution in [1.82, 2.24) is 9.88 Å². The Kier molecular flexibility index (Phi) is 5.98. The molecule has 2 aliphatic heterocycles. The third-order valence-corrected chi connectivity index (χ3v) is 5.59. The van der Waals surface area contributed by atoms with Gasteiger partial charge in [-0.3, -0.25) is 4.98 Å². The summed E-state index contributed by atoms with van der Waals surface area (Å²) in [6.45, 7) is 9.93. The Morgan fingerprint density at radius 3 is 2.72 bits per heavy atom. The number of rotatable bonds is 4. The molecule has 1 unspecified atom stereocenters. The summed E-state index contributed by atoms with van der Waals surface area (Å²) >= 11 is 6.21. The van der Waals surface area contributed by atoms with Gasteiger partial charge < -0.3 is 9.64 Å². The maximum Gasteiger partial charge on any atom is 0.126 e. The number of hydrogen-bond acceptors (Lipinski definition) is 3. The summed E-state index contributed by atoms with van der Waals surface area (Å²) in [5.74, 6) is 0. The highest BCUT2D eigenvalue weighted by Crippen LogP contribution is 2.52. The van der Waals surface area contributed by atoms with E-state index in [1.54, 1.807) is 6.20 Å². The molecule has 2 fully saturated rings. The molecule has 25 heavy (non-hydrogen) atoms. The lowest BCUT2D eigenvalue weighted by atomic mass is 9.81. The van der Waals surface area contributed by atoms with Gasteiger partial charge in [-0.15, -0.1) is 0 Å². The lowest BCUT2D eigenvalue weighted by molar-refractivity contribution is -0.0612. The van der Waals surface area contributed by atoms with E-state index in [0.717, 1.165) is 38.0 Å². The number of ether oxygens (including phenoxy) is 1. The number of aromatic nitrogens is 1. The quantitative estimate of drug-likeness (QED) is 0.725. The molecular formula is C21H29ClN2O. The fraction of sp³-hybridized carbons (Fsp3) is 0.571. The van der Waals surface area contributed by atoms with Gasteiger partial charge in [0.25, 0.3) is 0 Å². The lowest BCUT2D eigenvalue weighted by Gasteiger charge is -2.39. The summed E-state index contributed by atoms with van der Waals surface area (Å²) in [5, 5.41) is 0.713. The summed E-state index contributed by atoms with van der Waals surface area (Å²) in [7, 11) is 0. The van der Waals surface area contributed by atoms with Gasteiger partial charge in [0.05, 0.1) is 11.3 Å². The van der Waals surface area contributed by atoms with Crippen molar-refractivity contribution in [3.05, 3.63) is 52.3 Å². The van der Waals surface area contributed by atoms with Gasteiger partial charge in [-0.25, -0.2) is 0 Å². The number of likely N-dealkylation sites (tertiary alicyclic amines) is 1. The highest BCUT2D eigenvalue weighted by atomic mass is 35.5. The van der Waals surface area contributed by atoms with Crippen molar-refractivity contribution < 1.29 is 4.74 Å². The molecule has 0 bridgehead atoms. The van der Waals surface area contributed by atoms with Gasteiger partial charge in [-0.2, -0.15) is 0 Å². The molecule has 2 saturated heterocycles. The molecule has 0 aromatic carbocycles. The maximum atomic E-state index is 6.74. The number of hydrogen-bond donors (Lipinski definition) is 0. The first-order valence-corrected chi connectivity index (χ1v) is 9.90. The molecule has 3 heterocycles. The maximum absolute atomic E-state index is 6.74. The third kappa shape index (κ3) is 3.69. The van der Waals surface area contributed by atoms with Crippen LogP contribution in [0.25, 0.3) is 0 Å². The van der Waals surface area contributed by atoms with Crippen molar-refractivity contribution in [3.63, 3.8) is 0 Å². The van der Waals surface area contributed by atoms with Gasteiger partial charge in [-0.05, 0) is 62.4 Å². The molecule has 1 spiro atoms. The average Bonchev–Trinajstić information content (AvgIpc) is 2.91. The zero-order chi connectivity index (χ0) is 17.9. The van der Waals surface area contributed by atoms with Crippen molar-refractivity contribution in [2.75, 3.05) is 19.6 Å². The molecule has 0 saturated carbocycles. The monoisotopic (exact) mass is 360 g/mol. The molecule has 0 radical (unpaired) electrons. The van der Waals surface area contributed by atoms with Crippen LogP contribution in [0.5, 0.6) is 0 Å². The van der Waals surface area contributed by atoms with Crippen LogP contribution in [0.4, 0.5) is 0 Å². The summed E-state index contributed by atoms with van der Waals surface area (Å²) in [6, 6.07) is 3.76. The Hall–Kier alpha value is -1.16. The molecule has 0 N–H and O–H groups in total. The number of allylic oxidation sites excluding steroid dienone is 2. The Morgan fingerprint density at radius 1 is 1.36 bits per heavy atom. The average molecular weight is 361 g/mol. The fourth-order valence-electron chi connectivity index (χ4n) is 4.25. The molecule has 0 amide bonds. The van der Waals surface area contributed by atoms with Crippen LogP contribution in [0.3, 0.4) is 0 Å². The van der Waals surface area contributed by atoms with E-state index >= 15 is 0 Å². The zero-order valence-corrected chi connectivity index (χ0v) is 16.4. The number of nitrogens with zero attached hydrogens (tertiary/aromatic N) is 2. The first kappa shape index (κ1) is 18.6. The summed E-state index contributed by atoms with van der Waals surface area (Å²) < 4.78 is 6.74. The van der Waals surface area contributed by atoms with Crippen LogP contribution in [0.1, 0.15) is 58.3 Å². The topological polar surface area (TPSA) is 25.4 Å². The number of halogens is 1. The van der Waals surface area contributed by atoms with Crippen LogP contribution < -0.4 is 0 Å². The van der Waals surface area contributed by atoms with E-state index in [1.807, 2.05) is 12.1 Å². The largest absolute Gasteiger partial charge is 0.356 e. The lowest BCUT2D eigenvalue weighted by Crippen LogP contribution is -2.45. The molecular weight excluding hydrogens is 332 g/mol. The minimum absolute atomic E-state index is 0.109. The molecule has 3 nitrogen and oxygen atoms in total. The molecule has 1 aromatic rings. The molecule has 2 aliphatic rings. The van der Waals surface area contributed by atoms with Crippen molar-refractivity contribution >= 4 is 11.6 Å². The van der Waals surface area contributed by atoms with Gasteiger partial charge in [0.1, 0.15) is 6.10 Å². The highest BCUT2D eigenvalue weighted by molar-refractivity contribution is 6.30. The van der Waals surface area contributed by atoms with Crippen LogP contribution in [-0.4, -0.2) is 35.1 Å². The summed E-state index contributed by atoms with van der Waals surface area (Å²) in [5.41, 5.74) is 3.38. The molecule has 4 heteroatoms. The van der Waals surface area contributed by atoms with Gasteiger partial charge in [0.15, 0.2) is 0 Å². The molecule has 136 valence electrons. The predicted molar refractivity (Wildman–Crippen MR) is 104 cm³/mol. The van der Waals surface area contributed by atoms with E-state index in [1.165, 1.54) is 24.1 Å². The van der Waals surface area contributed by atoms with Crippen LogP contribution in [-0.2, 0) is 4.74 Å². The normalized spacial score (nSPS) is 26.8. The molecule has 1 aromatic heterocycles. The van der Waals surface area contributed by atoms with E-state index in [9.17, 15) is 0 Å². The van der Waals surface area contributed by atoms with Crippen LogP contribution in [0, 0.1) is 0 Å². The smallest absolute Gasteiger partial charge is 0.126 e. The minimum Gasteiger partial charge on any atom is -0.356 e. The minimum atomic E-state index is -0.172. The number of piperidine rings is 1. The van der Waals surface area contributed by atoms with Crippen molar-refractivity contribution in [2.24, 2.45) is 0 Å². The Labute approximate surface area is 156 Å². The standard InChI is InChI=1S/C21H29ClN2O/c1-4-7-17-18(6-3)21(9-13-24(12-5-2)14-10-21)25-20(17)19-15-16(22)8-11-23-19/h6-8,11,15,20H,4-5,9-10,12-14H2,1-3H3/b17-7+,18-6+. The van der Waals surface area contributed by atoms with Crippen LogP contribution >= 0.6 is 11.6 Å². The zero-order valence-electron chi connectivity index (χ0n) is 15.6. The SMILES string of the molecule is C/C=C1\C(=C/CC)C(c2cc(Cl)ccn2)OC12CCN(CCC)CC2. The van der Waals surface area contributed by atoms with E-state index in [2.05, 4.69) is 42.8 Å². The third-order valence-electron chi connectivity index (χ3n) is 5.36. The Bertz CT molecular complexity index is 660. The van der Waals surface area contributed by atoms with Gasteiger partial charge in [0, 0.05) is 24.3 Å². The second-order valence-electron chi connectivity index (χ2n) is 7.00. The first-order valence-electron chi connectivity index (χ1n) is 9.52. The summed E-state index contributed by atoms with van der Waals surface area (Å²) in [6.07, 6.45) is 10.5. The van der Waals surface area contributed by atoms with Crippen molar-refractivity contribution in [2.45, 2.75) is 58.2 Å². The highest BCUT2D eigenvalue weighted by Gasteiger charge is 2.49. The summed E-state index contributed by atoms with van der Waals surface area (Å²) in [4.78, 5) is 7.11. The van der Waals surface area contributed by atoms with Crippen LogP contribution in [0.15, 0.2) is 41.6 Å². The van der Waals surface area contributed by atoms with Gasteiger partial charge >= 0.3 is 0 Å². The molecule has 3 rings (SSSR count). The first-order chi connectivity index (χ1) is 12.1. The molecule has 1 atom stereocenters. The van der Waals surface area contributed by atoms with Crippen LogP contribution in [0.2, 0.25) is 5.02 Å². The van der Waals surface area contributed by atoms with E-state index in [4.69, 9.17) is 16.3 Å². The Morgan fingerprint density at radius 2 is 2.12 bits per heavy atom. The second kappa shape index (κ2) is 8.03. The van der Waals surface area contributed by atoms with Gasteiger partial charge in [0.2, 0.25) is 0 Å². The van der Waals surface area contributed by atoms with Gasteiger partial charge in [-0.1, -0.05) is 37.6 Å². The van der Waals surface area contributed by atoms with E-state index in [-0.39, 0.29) is 11.7 Å². The van der Waals surface area contributed by atoms with Crippen molar-refractivity contribution in [3.8, 4) is 0 Å². The molecule has 0 aliphatic carbocycles. The number of pyridine rings is 1. The Balaban J connectivity index is 1.93. The second-order valence-corrected chi connectivity index (χ2v) is 7.44. The van der Waals surface area contributed by atoms with E-state index in [0.29, 0.717) is 5.02 Å². The van der Waals surface area contributed by atoms with Crippen molar-refractivity contribution in [1.29, 1.82) is 0 Å².